The fraction of sp³-hybridized carbons (Fsp3) is 0.588. The summed E-state index contributed by atoms with van der Waals surface area (Å²) in [5.74, 6) is 0.0131. The topological polar surface area (TPSA) is 49.8 Å². The summed E-state index contributed by atoms with van der Waals surface area (Å²) < 4.78 is 5.76. The number of amides is 1. The van der Waals surface area contributed by atoms with Crippen molar-refractivity contribution in [2.24, 2.45) is 5.41 Å². The Morgan fingerprint density at radius 3 is 2.77 bits per heavy atom. The first-order valence-corrected chi connectivity index (χ1v) is 8.29. The number of hydrogen-bond donors (Lipinski definition) is 1. The SMILES string of the molecule is CCOC1CC(O)C12CCN(C(=O)c1cccc(Cl)c1)CC2. The lowest BCUT2D eigenvalue weighted by molar-refractivity contribution is -0.207. The number of likely N-dealkylation sites (tertiary alicyclic amines) is 1. The lowest BCUT2D eigenvalue weighted by Crippen LogP contribution is -2.62. The van der Waals surface area contributed by atoms with Crippen LogP contribution in [0, 0.1) is 5.41 Å². The van der Waals surface area contributed by atoms with Crippen molar-refractivity contribution >= 4 is 17.5 Å². The fourth-order valence-corrected chi connectivity index (χ4v) is 3.94. The van der Waals surface area contributed by atoms with Crippen LogP contribution < -0.4 is 0 Å². The number of rotatable bonds is 3. The zero-order valence-electron chi connectivity index (χ0n) is 12.8. The maximum Gasteiger partial charge on any atom is 0.253 e. The quantitative estimate of drug-likeness (QED) is 0.930. The molecule has 2 atom stereocenters. The van der Waals surface area contributed by atoms with Crippen LogP contribution in [-0.2, 0) is 4.74 Å². The minimum Gasteiger partial charge on any atom is -0.392 e. The summed E-state index contributed by atoms with van der Waals surface area (Å²) >= 11 is 5.96. The van der Waals surface area contributed by atoms with E-state index in [1.165, 1.54) is 0 Å². The summed E-state index contributed by atoms with van der Waals surface area (Å²) in [7, 11) is 0. The highest BCUT2D eigenvalue weighted by molar-refractivity contribution is 6.30. The van der Waals surface area contributed by atoms with E-state index in [9.17, 15) is 9.90 Å². The van der Waals surface area contributed by atoms with Crippen LogP contribution in [0.1, 0.15) is 36.5 Å². The van der Waals surface area contributed by atoms with Crippen molar-refractivity contribution in [1.29, 1.82) is 0 Å². The molecule has 3 rings (SSSR count). The number of carbonyl (C=O) groups excluding carboxylic acids is 1. The molecule has 1 saturated heterocycles. The molecule has 120 valence electrons. The molecular weight excluding hydrogens is 302 g/mol. The molecule has 1 aromatic rings. The van der Waals surface area contributed by atoms with Crippen molar-refractivity contribution in [1.82, 2.24) is 4.90 Å². The van der Waals surface area contributed by atoms with Crippen LogP contribution in [0.15, 0.2) is 24.3 Å². The van der Waals surface area contributed by atoms with Gasteiger partial charge < -0.3 is 14.7 Å². The van der Waals surface area contributed by atoms with Gasteiger partial charge in [-0.15, -0.1) is 0 Å². The van der Waals surface area contributed by atoms with Gasteiger partial charge in [0.1, 0.15) is 0 Å². The van der Waals surface area contributed by atoms with Gasteiger partial charge in [0.05, 0.1) is 12.2 Å². The highest BCUT2D eigenvalue weighted by atomic mass is 35.5. The zero-order chi connectivity index (χ0) is 15.7. The maximum atomic E-state index is 12.5. The molecule has 1 spiro atoms. The van der Waals surface area contributed by atoms with Crippen LogP contribution in [0.2, 0.25) is 5.02 Å². The zero-order valence-corrected chi connectivity index (χ0v) is 13.6. The van der Waals surface area contributed by atoms with Gasteiger partial charge in [0.25, 0.3) is 5.91 Å². The van der Waals surface area contributed by atoms with Crippen LogP contribution in [0.4, 0.5) is 0 Å². The minimum atomic E-state index is -0.299. The van der Waals surface area contributed by atoms with E-state index >= 15 is 0 Å². The predicted octanol–water partition coefficient (Wildman–Crippen LogP) is 2.73. The predicted molar refractivity (Wildman–Crippen MR) is 85.1 cm³/mol. The third kappa shape index (κ3) is 2.64. The second-order valence-electron chi connectivity index (χ2n) is 6.23. The second-order valence-corrected chi connectivity index (χ2v) is 6.67. The summed E-state index contributed by atoms with van der Waals surface area (Å²) in [6.45, 7) is 3.97. The minimum absolute atomic E-state index is 0.0131. The molecule has 4 nitrogen and oxygen atoms in total. The van der Waals surface area contributed by atoms with Crippen LogP contribution in [-0.4, -0.2) is 47.8 Å². The maximum absolute atomic E-state index is 12.5. The molecule has 1 aliphatic carbocycles. The Morgan fingerprint density at radius 1 is 1.45 bits per heavy atom. The van der Waals surface area contributed by atoms with Gasteiger partial charge in [0, 0.05) is 42.1 Å². The van der Waals surface area contributed by atoms with E-state index in [1.54, 1.807) is 24.3 Å². The molecule has 1 amide bonds. The van der Waals surface area contributed by atoms with Crippen LogP contribution in [0.3, 0.4) is 0 Å². The third-order valence-corrected chi connectivity index (χ3v) is 5.40. The number of carbonyl (C=O) groups is 1. The Morgan fingerprint density at radius 2 is 2.18 bits per heavy atom. The Bertz CT molecular complexity index is 553. The van der Waals surface area contributed by atoms with Gasteiger partial charge in [0.15, 0.2) is 0 Å². The van der Waals surface area contributed by atoms with Crippen LogP contribution in [0.25, 0.3) is 0 Å². The summed E-state index contributed by atoms with van der Waals surface area (Å²) in [5.41, 5.74) is 0.472. The second kappa shape index (κ2) is 6.19. The molecular formula is C17H22ClNO3. The Labute approximate surface area is 136 Å². The molecule has 22 heavy (non-hydrogen) atoms. The number of piperidine rings is 1. The third-order valence-electron chi connectivity index (χ3n) is 5.16. The molecule has 1 heterocycles. The Kier molecular flexibility index (Phi) is 4.44. The first-order valence-electron chi connectivity index (χ1n) is 7.91. The number of aliphatic hydroxyl groups excluding tert-OH is 1. The average molecular weight is 324 g/mol. The van der Waals surface area contributed by atoms with Gasteiger partial charge in [-0.25, -0.2) is 0 Å². The molecule has 1 saturated carbocycles. The van der Waals surface area contributed by atoms with E-state index in [4.69, 9.17) is 16.3 Å². The number of halogens is 1. The molecule has 0 bridgehead atoms. The highest BCUT2D eigenvalue weighted by Gasteiger charge is 2.56. The lowest BCUT2D eigenvalue weighted by atomic mass is 9.58. The van der Waals surface area contributed by atoms with Gasteiger partial charge in [-0.1, -0.05) is 17.7 Å². The van der Waals surface area contributed by atoms with Crippen molar-refractivity contribution < 1.29 is 14.6 Å². The van der Waals surface area contributed by atoms with E-state index < -0.39 is 0 Å². The Hall–Kier alpha value is -1.10. The van der Waals surface area contributed by atoms with Crippen molar-refractivity contribution in [3.63, 3.8) is 0 Å². The van der Waals surface area contributed by atoms with Gasteiger partial charge in [-0.3, -0.25) is 4.79 Å². The summed E-state index contributed by atoms with van der Waals surface area (Å²) in [6.07, 6.45) is 2.15. The number of benzene rings is 1. The molecule has 0 aromatic heterocycles. The number of nitrogens with zero attached hydrogens (tertiary/aromatic N) is 1. The molecule has 1 aliphatic heterocycles. The average Bonchev–Trinajstić information content (AvgIpc) is 2.54. The van der Waals surface area contributed by atoms with Gasteiger partial charge in [0.2, 0.25) is 0 Å². The lowest BCUT2D eigenvalue weighted by Gasteiger charge is -2.56. The van der Waals surface area contributed by atoms with E-state index in [1.807, 2.05) is 11.8 Å². The van der Waals surface area contributed by atoms with E-state index in [0.717, 1.165) is 19.3 Å². The molecule has 0 radical (unpaired) electrons. The van der Waals surface area contributed by atoms with Gasteiger partial charge in [-0.05, 0) is 38.0 Å². The van der Waals surface area contributed by atoms with Crippen LogP contribution >= 0.6 is 11.6 Å². The van der Waals surface area contributed by atoms with Crippen molar-refractivity contribution in [3.8, 4) is 0 Å². The standard InChI is InChI=1S/C17H22ClNO3/c1-2-22-15-11-14(20)17(15)6-8-19(9-7-17)16(21)12-4-3-5-13(18)10-12/h3-5,10,14-15,20H,2,6-9,11H2,1H3. The van der Waals surface area contributed by atoms with Gasteiger partial charge in [-0.2, -0.15) is 0 Å². The van der Waals surface area contributed by atoms with Crippen molar-refractivity contribution in [2.75, 3.05) is 19.7 Å². The highest BCUT2D eigenvalue weighted by Crippen LogP contribution is 2.51. The molecule has 2 unspecified atom stereocenters. The van der Waals surface area contributed by atoms with E-state index in [0.29, 0.717) is 30.3 Å². The molecule has 5 heteroatoms. The monoisotopic (exact) mass is 323 g/mol. The Balaban J connectivity index is 1.65. The normalized spacial score (nSPS) is 26.8. The molecule has 2 fully saturated rings. The fourth-order valence-electron chi connectivity index (χ4n) is 3.75. The first-order chi connectivity index (χ1) is 10.6. The van der Waals surface area contributed by atoms with Gasteiger partial charge >= 0.3 is 0 Å². The number of ether oxygens (including phenoxy) is 1. The van der Waals surface area contributed by atoms with Crippen molar-refractivity contribution in [3.05, 3.63) is 34.9 Å². The number of aliphatic hydroxyl groups is 1. The summed E-state index contributed by atoms with van der Waals surface area (Å²) in [4.78, 5) is 14.4. The molecule has 1 aromatic carbocycles. The largest absolute Gasteiger partial charge is 0.392 e. The van der Waals surface area contributed by atoms with Crippen molar-refractivity contribution in [2.45, 2.75) is 38.4 Å². The first kappa shape index (κ1) is 15.8. The molecule has 1 N–H and O–H groups in total. The summed E-state index contributed by atoms with van der Waals surface area (Å²) in [6, 6.07) is 7.05. The molecule has 2 aliphatic rings. The summed E-state index contributed by atoms with van der Waals surface area (Å²) in [5, 5.41) is 10.8. The van der Waals surface area contributed by atoms with E-state index in [2.05, 4.69) is 0 Å². The van der Waals surface area contributed by atoms with E-state index in [-0.39, 0.29) is 23.5 Å². The number of hydrogen-bond acceptors (Lipinski definition) is 3. The smallest absolute Gasteiger partial charge is 0.253 e. The van der Waals surface area contributed by atoms with Crippen LogP contribution in [0.5, 0.6) is 0 Å².